The highest BCUT2D eigenvalue weighted by Gasteiger charge is 2.43. The van der Waals surface area contributed by atoms with Gasteiger partial charge in [-0.1, -0.05) is 13.8 Å². The van der Waals surface area contributed by atoms with Gasteiger partial charge in [-0.3, -0.25) is 0 Å². The molecule has 0 spiro atoms. The second-order valence-electron chi connectivity index (χ2n) is 6.57. The summed E-state index contributed by atoms with van der Waals surface area (Å²) in [6, 6.07) is 0. The van der Waals surface area contributed by atoms with Gasteiger partial charge in [0.1, 0.15) is 23.5 Å². The SMILES string of the molecule is BC(B)(B)OC1(C)CC(CC(C)C)C1. The maximum Gasteiger partial charge on any atom is 0.121 e. The maximum absolute atomic E-state index is 6.07. The van der Waals surface area contributed by atoms with E-state index in [0.29, 0.717) is 0 Å². The molecular weight excluding hydrogens is 169 g/mol. The number of rotatable bonds is 4. The summed E-state index contributed by atoms with van der Waals surface area (Å²) in [5.41, 5.74) is 0.164. The monoisotopic (exact) mass is 192 g/mol. The lowest BCUT2D eigenvalue weighted by atomic mass is 9.51. The zero-order valence-corrected chi connectivity index (χ0v) is 10.7. The molecule has 1 nitrogen and oxygen atoms in total. The van der Waals surface area contributed by atoms with E-state index in [4.69, 9.17) is 4.74 Å². The molecule has 0 aliphatic heterocycles. The molecule has 0 heterocycles. The maximum atomic E-state index is 6.07. The van der Waals surface area contributed by atoms with Crippen molar-refractivity contribution < 1.29 is 4.74 Å². The highest BCUT2D eigenvalue weighted by molar-refractivity contribution is 6.58. The van der Waals surface area contributed by atoms with Crippen LogP contribution in [0.5, 0.6) is 0 Å². The Kier molecular flexibility index (Phi) is 3.46. The molecule has 1 aliphatic carbocycles. The van der Waals surface area contributed by atoms with Gasteiger partial charge in [0.05, 0.1) is 5.60 Å². The molecule has 0 N–H and O–H groups in total. The summed E-state index contributed by atoms with van der Waals surface area (Å²) >= 11 is 0. The van der Waals surface area contributed by atoms with E-state index in [2.05, 4.69) is 44.3 Å². The minimum atomic E-state index is 0.0115. The van der Waals surface area contributed by atoms with Gasteiger partial charge in [0, 0.05) is 0 Å². The quantitative estimate of drug-likeness (QED) is 0.556. The van der Waals surface area contributed by atoms with Gasteiger partial charge in [0.25, 0.3) is 0 Å². The molecule has 0 atom stereocenters. The van der Waals surface area contributed by atoms with Crippen LogP contribution in [-0.4, -0.2) is 34.4 Å². The largest absolute Gasteiger partial charge is 0.395 e. The smallest absolute Gasteiger partial charge is 0.121 e. The summed E-state index contributed by atoms with van der Waals surface area (Å²) in [6.45, 7) is 6.87. The fraction of sp³-hybridized carbons (Fsp3) is 1.00. The van der Waals surface area contributed by atoms with Crippen molar-refractivity contribution in [2.24, 2.45) is 11.8 Å². The average Bonchev–Trinajstić information content (AvgIpc) is 1.76. The van der Waals surface area contributed by atoms with E-state index in [0.717, 1.165) is 11.8 Å². The number of hydrogen-bond donors (Lipinski definition) is 0. The average molecular weight is 192 g/mol. The topological polar surface area (TPSA) is 9.23 Å². The van der Waals surface area contributed by atoms with Crippen LogP contribution >= 0.6 is 0 Å². The van der Waals surface area contributed by atoms with Crippen LogP contribution in [0.3, 0.4) is 0 Å². The molecule has 1 fully saturated rings. The van der Waals surface area contributed by atoms with Crippen LogP contribution in [0.2, 0.25) is 0 Å². The van der Waals surface area contributed by atoms with Gasteiger partial charge in [-0.2, -0.15) is 0 Å². The predicted octanol–water partition coefficient (Wildman–Crippen LogP) is -0.272. The van der Waals surface area contributed by atoms with Crippen molar-refractivity contribution in [3.8, 4) is 0 Å². The first-order valence-electron chi connectivity index (χ1n) is 5.90. The summed E-state index contributed by atoms with van der Waals surface area (Å²) in [7, 11) is 6.44. The summed E-state index contributed by atoms with van der Waals surface area (Å²) in [5.74, 6) is 1.74. The minimum Gasteiger partial charge on any atom is -0.395 e. The van der Waals surface area contributed by atoms with Crippen molar-refractivity contribution in [3.63, 3.8) is 0 Å². The first-order valence-corrected chi connectivity index (χ1v) is 5.90. The van der Waals surface area contributed by atoms with Crippen molar-refractivity contribution in [1.82, 2.24) is 0 Å². The van der Waals surface area contributed by atoms with Crippen LogP contribution in [0.4, 0.5) is 0 Å². The molecule has 0 radical (unpaired) electrons. The van der Waals surface area contributed by atoms with Gasteiger partial charge in [-0.25, -0.2) is 0 Å². The van der Waals surface area contributed by atoms with Gasteiger partial charge in [0.15, 0.2) is 0 Å². The van der Waals surface area contributed by atoms with Crippen LogP contribution in [0, 0.1) is 11.8 Å². The first-order chi connectivity index (χ1) is 6.20. The van der Waals surface area contributed by atoms with Crippen molar-refractivity contribution in [2.75, 3.05) is 0 Å². The lowest BCUT2D eigenvalue weighted by molar-refractivity contribution is -0.124. The van der Waals surface area contributed by atoms with E-state index < -0.39 is 0 Å². The normalized spacial score (nSPS) is 33.0. The molecule has 4 heteroatoms. The van der Waals surface area contributed by atoms with Crippen molar-refractivity contribution in [2.45, 2.75) is 50.9 Å². The summed E-state index contributed by atoms with van der Waals surface area (Å²) in [4.78, 5) is 0. The Morgan fingerprint density at radius 3 is 2.21 bits per heavy atom. The van der Waals surface area contributed by atoms with Gasteiger partial charge >= 0.3 is 0 Å². The molecule has 0 bridgehead atoms. The minimum absolute atomic E-state index is 0.0115. The highest BCUT2D eigenvalue weighted by Crippen LogP contribution is 2.44. The molecule has 1 aliphatic rings. The Balaban J connectivity index is 2.30. The van der Waals surface area contributed by atoms with Gasteiger partial charge in [-0.15, -0.1) is 0 Å². The van der Waals surface area contributed by atoms with E-state index in [9.17, 15) is 0 Å². The predicted molar refractivity (Wildman–Crippen MR) is 70.0 cm³/mol. The summed E-state index contributed by atoms with van der Waals surface area (Å²) in [5, 5.41) is 0.0115. The molecule has 0 aromatic heterocycles. The third-order valence-electron chi connectivity index (χ3n) is 2.80. The highest BCUT2D eigenvalue weighted by atomic mass is 16.5. The third-order valence-corrected chi connectivity index (χ3v) is 2.80. The third kappa shape index (κ3) is 3.72. The van der Waals surface area contributed by atoms with E-state index in [1.165, 1.54) is 19.3 Å². The van der Waals surface area contributed by atoms with Crippen LogP contribution < -0.4 is 0 Å². The molecule has 0 saturated heterocycles. The van der Waals surface area contributed by atoms with E-state index in [-0.39, 0.29) is 10.9 Å². The second-order valence-corrected chi connectivity index (χ2v) is 6.57. The Morgan fingerprint density at radius 2 is 1.86 bits per heavy atom. The Morgan fingerprint density at radius 1 is 1.36 bits per heavy atom. The van der Waals surface area contributed by atoms with Crippen LogP contribution in [0.1, 0.15) is 40.0 Å². The molecular formula is C10H23B3O. The Bertz CT molecular complexity index is 192. The summed E-state index contributed by atoms with van der Waals surface area (Å²) in [6.07, 6.45) is 3.87. The fourth-order valence-corrected chi connectivity index (χ4v) is 2.82. The molecule has 1 rings (SSSR count). The van der Waals surface area contributed by atoms with Crippen molar-refractivity contribution >= 4 is 23.5 Å². The second kappa shape index (κ2) is 3.96. The van der Waals surface area contributed by atoms with Gasteiger partial charge < -0.3 is 4.74 Å². The Hall–Kier alpha value is 0.155. The van der Waals surface area contributed by atoms with Crippen molar-refractivity contribution in [1.29, 1.82) is 0 Å². The molecule has 0 unspecified atom stereocenters. The summed E-state index contributed by atoms with van der Waals surface area (Å²) < 4.78 is 6.07. The zero-order valence-electron chi connectivity index (χ0n) is 10.7. The molecule has 0 amide bonds. The molecule has 78 valence electrons. The zero-order chi connectivity index (χ0) is 11.0. The van der Waals surface area contributed by atoms with Crippen LogP contribution in [0.15, 0.2) is 0 Å². The molecule has 14 heavy (non-hydrogen) atoms. The van der Waals surface area contributed by atoms with E-state index >= 15 is 0 Å². The van der Waals surface area contributed by atoms with E-state index in [1.807, 2.05) is 0 Å². The van der Waals surface area contributed by atoms with Crippen molar-refractivity contribution in [3.05, 3.63) is 0 Å². The van der Waals surface area contributed by atoms with Gasteiger partial charge in [-0.05, 0) is 43.3 Å². The molecule has 1 saturated carbocycles. The number of ether oxygens (including phenoxy) is 1. The van der Waals surface area contributed by atoms with E-state index in [1.54, 1.807) is 0 Å². The fourth-order valence-electron chi connectivity index (χ4n) is 2.82. The molecule has 0 aromatic carbocycles. The van der Waals surface area contributed by atoms with Crippen LogP contribution in [-0.2, 0) is 4.74 Å². The lowest BCUT2D eigenvalue weighted by Crippen LogP contribution is -2.51. The number of hydrogen-bond acceptors (Lipinski definition) is 1. The van der Waals surface area contributed by atoms with Crippen LogP contribution in [0.25, 0.3) is 0 Å². The van der Waals surface area contributed by atoms with Gasteiger partial charge in [0.2, 0.25) is 0 Å². The molecule has 0 aromatic rings. The lowest BCUT2D eigenvalue weighted by Gasteiger charge is -2.49. The Labute approximate surface area is 91.6 Å². The first kappa shape index (κ1) is 12.2. The standard InChI is InChI=1S/C10H23B3O/c1-7(2)4-8-5-9(3,6-8)14-10(11,12)13/h7-8H,4-6,11-13H2,1-3H3.